The second-order valence-corrected chi connectivity index (χ2v) is 8.09. The van der Waals surface area contributed by atoms with E-state index < -0.39 is 27.2 Å². The summed E-state index contributed by atoms with van der Waals surface area (Å²) in [6.07, 6.45) is 3.98. The zero-order chi connectivity index (χ0) is 14.8. The molecule has 2 rings (SSSR count). The van der Waals surface area contributed by atoms with Gasteiger partial charge in [-0.25, -0.2) is 12.7 Å². The summed E-state index contributed by atoms with van der Waals surface area (Å²) in [6.45, 7) is 3.26. The van der Waals surface area contributed by atoms with Crippen LogP contribution in [-0.2, 0) is 14.8 Å². The maximum atomic E-state index is 12.5. The lowest BCUT2D eigenvalue weighted by Gasteiger charge is -2.25. The van der Waals surface area contributed by atoms with Crippen molar-refractivity contribution in [2.45, 2.75) is 37.4 Å². The number of likely N-dealkylation sites (N-methyl/N-ethyl adjacent to an activating group) is 1. The summed E-state index contributed by atoms with van der Waals surface area (Å²) < 4.78 is 26.4. The fraction of sp³-hybridized carbons (Fsp3) is 0.923. The monoisotopic (exact) mass is 304 g/mol. The molecule has 0 radical (unpaired) electrons. The quantitative estimate of drug-likeness (QED) is 0.777. The number of carbonyl (C=O) groups is 1. The number of aliphatic carboxylic acids is 1. The zero-order valence-corrected chi connectivity index (χ0v) is 12.8. The van der Waals surface area contributed by atoms with Gasteiger partial charge >= 0.3 is 5.97 Å². The number of carboxylic acids is 1. The van der Waals surface area contributed by atoms with Crippen molar-refractivity contribution in [3.05, 3.63) is 0 Å². The van der Waals surface area contributed by atoms with Gasteiger partial charge in [-0.15, -0.1) is 0 Å². The number of hydrogen-bond acceptors (Lipinski definition) is 4. The summed E-state index contributed by atoms with van der Waals surface area (Å²) in [4.78, 5) is 13.4. The van der Waals surface area contributed by atoms with Crippen LogP contribution in [0.2, 0.25) is 0 Å². The first-order valence-electron chi connectivity index (χ1n) is 7.33. The molecule has 0 bridgehead atoms. The fourth-order valence-electron chi connectivity index (χ4n) is 3.21. The minimum absolute atomic E-state index is 0.450. The van der Waals surface area contributed by atoms with E-state index in [0.717, 1.165) is 19.6 Å². The lowest BCUT2D eigenvalue weighted by atomic mass is 10.1. The summed E-state index contributed by atoms with van der Waals surface area (Å²) in [5.41, 5.74) is 0. The van der Waals surface area contributed by atoms with Crippen molar-refractivity contribution in [2.24, 2.45) is 5.92 Å². The Balaban J connectivity index is 1.95. The Hall–Kier alpha value is -0.660. The van der Waals surface area contributed by atoms with Gasteiger partial charge in [0.05, 0.1) is 11.2 Å². The van der Waals surface area contributed by atoms with E-state index in [4.69, 9.17) is 5.11 Å². The van der Waals surface area contributed by atoms with E-state index in [0.29, 0.717) is 25.8 Å². The predicted molar refractivity (Wildman–Crippen MR) is 76.0 cm³/mol. The van der Waals surface area contributed by atoms with Gasteiger partial charge in [0, 0.05) is 20.1 Å². The third-order valence-electron chi connectivity index (χ3n) is 4.52. The molecule has 20 heavy (non-hydrogen) atoms. The van der Waals surface area contributed by atoms with Gasteiger partial charge in [-0.3, -0.25) is 4.79 Å². The van der Waals surface area contributed by atoms with Crippen LogP contribution >= 0.6 is 0 Å². The first kappa shape index (κ1) is 15.7. The SMILES string of the molecule is CN(CCN1CCCC1)S(=O)(=O)C1CCCC1C(=O)O. The van der Waals surface area contributed by atoms with E-state index in [1.807, 2.05) is 0 Å². The normalized spacial score (nSPS) is 28.3. The van der Waals surface area contributed by atoms with Gasteiger partial charge in [0.15, 0.2) is 0 Å². The highest BCUT2D eigenvalue weighted by Gasteiger charge is 2.43. The highest BCUT2D eigenvalue weighted by Crippen LogP contribution is 2.32. The molecule has 1 heterocycles. The maximum absolute atomic E-state index is 12.5. The summed E-state index contributed by atoms with van der Waals surface area (Å²) >= 11 is 0. The molecule has 7 heteroatoms. The molecule has 1 aliphatic carbocycles. The average Bonchev–Trinajstić information content (AvgIpc) is 3.06. The molecule has 2 atom stereocenters. The number of sulfonamides is 1. The molecule has 1 saturated heterocycles. The average molecular weight is 304 g/mol. The molecular formula is C13H24N2O4S. The smallest absolute Gasteiger partial charge is 0.307 e. The Labute approximate surface area is 120 Å². The maximum Gasteiger partial charge on any atom is 0.307 e. The molecule has 2 fully saturated rings. The second kappa shape index (κ2) is 6.41. The van der Waals surface area contributed by atoms with Crippen LogP contribution in [0, 0.1) is 5.92 Å². The van der Waals surface area contributed by atoms with Crippen molar-refractivity contribution >= 4 is 16.0 Å². The van der Waals surface area contributed by atoms with E-state index in [9.17, 15) is 13.2 Å². The summed E-state index contributed by atoms with van der Waals surface area (Å²) in [6, 6.07) is 0. The Morgan fingerprint density at radius 1 is 1.25 bits per heavy atom. The van der Waals surface area contributed by atoms with Gasteiger partial charge in [0.1, 0.15) is 0 Å². The molecule has 0 aromatic heterocycles. The fourth-order valence-corrected chi connectivity index (χ4v) is 5.14. The van der Waals surface area contributed by atoms with Crippen LogP contribution in [0.1, 0.15) is 32.1 Å². The van der Waals surface area contributed by atoms with Crippen LogP contribution in [-0.4, -0.2) is 67.2 Å². The predicted octanol–water partition coefficient (Wildman–Crippen LogP) is 0.597. The molecule has 2 unspecified atom stereocenters. The molecule has 1 saturated carbocycles. The molecule has 1 N–H and O–H groups in total. The van der Waals surface area contributed by atoms with Crippen molar-refractivity contribution in [3.63, 3.8) is 0 Å². The standard InChI is InChI=1S/C13H24N2O4S/c1-14(9-10-15-7-2-3-8-15)20(18,19)12-6-4-5-11(12)13(16)17/h11-12H,2-10H2,1H3,(H,16,17). The van der Waals surface area contributed by atoms with Crippen molar-refractivity contribution in [1.29, 1.82) is 0 Å². The molecule has 0 amide bonds. The zero-order valence-electron chi connectivity index (χ0n) is 12.0. The molecule has 0 aromatic rings. The van der Waals surface area contributed by atoms with E-state index in [1.54, 1.807) is 7.05 Å². The highest BCUT2D eigenvalue weighted by molar-refractivity contribution is 7.89. The van der Waals surface area contributed by atoms with E-state index in [-0.39, 0.29) is 0 Å². The molecule has 6 nitrogen and oxygen atoms in total. The second-order valence-electron chi connectivity index (χ2n) is 5.83. The topological polar surface area (TPSA) is 77.9 Å². The first-order chi connectivity index (χ1) is 9.43. The Kier molecular flexibility index (Phi) is 5.04. The van der Waals surface area contributed by atoms with E-state index >= 15 is 0 Å². The Bertz CT molecular complexity index is 445. The van der Waals surface area contributed by atoms with Crippen LogP contribution in [0.15, 0.2) is 0 Å². The van der Waals surface area contributed by atoms with Gasteiger partial charge in [-0.1, -0.05) is 6.42 Å². The number of rotatable bonds is 6. The molecule has 0 aromatic carbocycles. The van der Waals surface area contributed by atoms with Gasteiger partial charge in [0.2, 0.25) is 10.0 Å². The first-order valence-corrected chi connectivity index (χ1v) is 8.83. The minimum Gasteiger partial charge on any atom is -0.481 e. The minimum atomic E-state index is -3.50. The lowest BCUT2D eigenvalue weighted by molar-refractivity contribution is -0.141. The lowest BCUT2D eigenvalue weighted by Crippen LogP contribution is -2.43. The van der Waals surface area contributed by atoms with Crippen molar-refractivity contribution in [2.75, 3.05) is 33.2 Å². The molecule has 2 aliphatic rings. The Morgan fingerprint density at radius 3 is 2.50 bits per heavy atom. The van der Waals surface area contributed by atoms with Crippen molar-refractivity contribution in [3.8, 4) is 0 Å². The van der Waals surface area contributed by atoms with Crippen LogP contribution in [0.25, 0.3) is 0 Å². The molecule has 0 spiro atoms. The van der Waals surface area contributed by atoms with Crippen LogP contribution < -0.4 is 0 Å². The van der Waals surface area contributed by atoms with Crippen LogP contribution in [0.3, 0.4) is 0 Å². The number of nitrogens with zero attached hydrogens (tertiary/aromatic N) is 2. The van der Waals surface area contributed by atoms with Gasteiger partial charge < -0.3 is 10.0 Å². The Morgan fingerprint density at radius 2 is 1.90 bits per heavy atom. The van der Waals surface area contributed by atoms with Gasteiger partial charge in [0.25, 0.3) is 0 Å². The van der Waals surface area contributed by atoms with Crippen molar-refractivity contribution in [1.82, 2.24) is 9.21 Å². The number of hydrogen-bond donors (Lipinski definition) is 1. The molecule has 1 aliphatic heterocycles. The van der Waals surface area contributed by atoms with Gasteiger partial charge in [-0.2, -0.15) is 0 Å². The van der Waals surface area contributed by atoms with E-state index in [1.165, 1.54) is 17.1 Å². The third kappa shape index (κ3) is 3.32. The largest absolute Gasteiger partial charge is 0.481 e. The van der Waals surface area contributed by atoms with Crippen LogP contribution in [0.4, 0.5) is 0 Å². The summed E-state index contributed by atoms with van der Waals surface area (Å²) in [5.74, 6) is -1.72. The summed E-state index contributed by atoms with van der Waals surface area (Å²) in [7, 11) is -1.93. The summed E-state index contributed by atoms with van der Waals surface area (Å²) in [5, 5.41) is 8.39. The highest BCUT2D eigenvalue weighted by atomic mass is 32.2. The van der Waals surface area contributed by atoms with Gasteiger partial charge in [-0.05, 0) is 38.8 Å². The van der Waals surface area contributed by atoms with Crippen LogP contribution in [0.5, 0.6) is 0 Å². The number of carboxylic acid groups (broad SMARTS) is 1. The van der Waals surface area contributed by atoms with Crippen molar-refractivity contribution < 1.29 is 18.3 Å². The molecular weight excluding hydrogens is 280 g/mol. The third-order valence-corrected chi connectivity index (χ3v) is 6.90. The van der Waals surface area contributed by atoms with E-state index in [2.05, 4.69) is 4.90 Å². The number of likely N-dealkylation sites (tertiary alicyclic amines) is 1. The molecule has 116 valence electrons.